The molecule has 0 radical (unpaired) electrons. The van der Waals surface area contributed by atoms with Crippen LogP contribution in [0.5, 0.6) is 11.5 Å². The van der Waals surface area contributed by atoms with Gasteiger partial charge in [-0.1, -0.05) is 29.8 Å². The van der Waals surface area contributed by atoms with Gasteiger partial charge in [0.05, 0.1) is 28.0 Å². The zero-order valence-corrected chi connectivity index (χ0v) is 16.4. The number of fused-ring (bicyclic) bond motifs is 3. The van der Waals surface area contributed by atoms with Crippen molar-refractivity contribution in [2.45, 2.75) is 6.18 Å². The SMILES string of the molecule is O=C1c2cc(C(F)(F)F)ccc2Oc2ccc(Cl)cc2N1c1cccc2cccnc12. The minimum absolute atomic E-state index is 0.0252. The van der Waals surface area contributed by atoms with E-state index in [4.69, 9.17) is 16.3 Å². The maximum atomic E-state index is 13.6. The Morgan fingerprint density at radius 2 is 1.68 bits per heavy atom. The van der Waals surface area contributed by atoms with E-state index in [1.54, 1.807) is 36.5 Å². The largest absolute Gasteiger partial charge is 0.454 e. The van der Waals surface area contributed by atoms with Crippen molar-refractivity contribution in [3.8, 4) is 11.5 Å². The Bertz CT molecular complexity index is 1350. The average molecular weight is 441 g/mol. The van der Waals surface area contributed by atoms with Crippen LogP contribution in [0.1, 0.15) is 15.9 Å². The van der Waals surface area contributed by atoms with Gasteiger partial charge in [0, 0.05) is 16.6 Å². The monoisotopic (exact) mass is 440 g/mol. The van der Waals surface area contributed by atoms with Crippen molar-refractivity contribution >= 4 is 39.8 Å². The van der Waals surface area contributed by atoms with Crippen molar-refractivity contribution in [1.29, 1.82) is 0 Å². The number of amides is 1. The minimum atomic E-state index is -4.61. The minimum Gasteiger partial charge on any atom is -0.454 e. The number of rotatable bonds is 1. The molecule has 0 N–H and O–H groups in total. The van der Waals surface area contributed by atoms with E-state index in [0.717, 1.165) is 23.6 Å². The van der Waals surface area contributed by atoms with Crippen LogP contribution in [0.3, 0.4) is 0 Å². The van der Waals surface area contributed by atoms with Crippen LogP contribution >= 0.6 is 11.6 Å². The lowest BCUT2D eigenvalue weighted by atomic mass is 10.1. The molecule has 5 rings (SSSR count). The Balaban J connectivity index is 1.81. The molecule has 0 spiro atoms. The summed E-state index contributed by atoms with van der Waals surface area (Å²) < 4.78 is 45.9. The number of halogens is 4. The molecular formula is C23H12ClF3N2O2. The number of alkyl halides is 3. The summed E-state index contributed by atoms with van der Waals surface area (Å²) in [4.78, 5) is 19.3. The molecule has 1 aliphatic heterocycles. The predicted octanol–water partition coefficient (Wildman–Crippen LogP) is 6.99. The van der Waals surface area contributed by atoms with Crippen LogP contribution in [-0.2, 0) is 6.18 Å². The maximum absolute atomic E-state index is 13.6. The fourth-order valence-corrected chi connectivity index (χ4v) is 3.74. The van der Waals surface area contributed by atoms with Crippen LogP contribution in [0.25, 0.3) is 10.9 Å². The Labute approximate surface area is 179 Å². The zero-order chi connectivity index (χ0) is 21.8. The number of ether oxygens (including phenoxy) is 1. The molecule has 4 aromatic rings. The van der Waals surface area contributed by atoms with Crippen LogP contribution in [0.4, 0.5) is 24.5 Å². The second-order valence-electron chi connectivity index (χ2n) is 6.92. The van der Waals surface area contributed by atoms with Gasteiger partial charge in [-0.25, -0.2) is 0 Å². The van der Waals surface area contributed by atoms with Crippen LogP contribution in [0.15, 0.2) is 72.9 Å². The highest BCUT2D eigenvalue weighted by atomic mass is 35.5. The Kier molecular flexibility index (Phi) is 4.37. The number of benzene rings is 3. The van der Waals surface area contributed by atoms with Crippen molar-refractivity contribution in [2.75, 3.05) is 4.90 Å². The lowest BCUT2D eigenvalue weighted by Crippen LogP contribution is -2.26. The number of aromatic nitrogens is 1. The standard InChI is InChI=1S/C23H12ClF3N2O2/c24-15-7-9-20-18(12-15)29(17-5-1-3-13-4-2-10-28-21(13)17)22(30)16-11-14(23(25,26)27)6-8-19(16)31-20/h1-12H. The molecule has 4 nitrogen and oxygen atoms in total. The molecule has 1 aromatic heterocycles. The summed E-state index contributed by atoms with van der Waals surface area (Å²) in [7, 11) is 0. The summed E-state index contributed by atoms with van der Waals surface area (Å²) in [5, 5.41) is 1.11. The van der Waals surface area contributed by atoms with Crippen molar-refractivity contribution in [3.63, 3.8) is 0 Å². The fraction of sp³-hybridized carbons (Fsp3) is 0.0435. The van der Waals surface area contributed by atoms with Gasteiger partial charge in [0.15, 0.2) is 5.75 Å². The molecular weight excluding hydrogens is 429 g/mol. The molecule has 1 aliphatic rings. The first kappa shape index (κ1) is 19.4. The Morgan fingerprint density at radius 1 is 0.903 bits per heavy atom. The highest BCUT2D eigenvalue weighted by Crippen LogP contribution is 2.46. The highest BCUT2D eigenvalue weighted by Gasteiger charge is 2.36. The van der Waals surface area contributed by atoms with Crippen LogP contribution in [0, 0.1) is 0 Å². The van der Waals surface area contributed by atoms with Crippen molar-refractivity contribution in [3.05, 3.63) is 89.1 Å². The second-order valence-corrected chi connectivity index (χ2v) is 7.35. The highest BCUT2D eigenvalue weighted by molar-refractivity contribution is 6.31. The lowest BCUT2D eigenvalue weighted by molar-refractivity contribution is -0.137. The molecule has 154 valence electrons. The molecule has 0 aliphatic carbocycles. The number of para-hydroxylation sites is 1. The van der Waals surface area contributed by atoms with E-state index in [9.17, 15) is 18.0 Å². The zero-order valence-electron chi connectivity index (χ0n) is 15.7. The quantitative estimate of drug-likeness (QED) is 0.320. The van der Waals surface area contributed by atoms with E-state index in [2.05, 4.69) is 4.98 Å². The summed E-state index contributed by atoms with van der Waals surface area (Å²) in [6.07, 6.45) is -3.02. The van der Waals surface area contributed by atoms with Gasteiger partial charge in [0.25, 0.3) is 5.91 Å². The van der Waals surface area contributed by atoms with Gasteiger partial charge in [-0.15, -0.1) is 0 Å². The van der Waals surface area contributed by atoms with E-state index in [-0.39, 0.29) is 17.1 Å². The summed E-state index contributed by atoms with van der Waals surface area (Å²) in [5.41, 5.74) is 0.0684. The predicted molar refractivity (Wildman–Crippen MR) is 111 cm³/mol. The van der Waals surface area contributed by atoms with Crippen molar-refractivity contribution in [2.24, 2.45) is 0 Å². The number of nitrogens with zero attached hydrogens (tertiary/aromatic N) is 2. The van der Waals surface area contributed by atoms with Gasteiger partial charge >= 0.3 is 6.18 Å². The smallest absolute Gasteiger partial charge is 0.416 e. The van der Waals surface area contributed by atoms with Crippen LogP contribution < -0.4 is 9.64 Å². The number of carbonyl (C=O) groups is 1. The van der Waals surface area contributed by atoms with Gasteiger partial charge in [-0.05, 0) is 48.5 Å². The van der Waals surface area contributed by atoms with Gasteiger partial charge in [-0.3, -0.25) is 14.7 Å². The topological polar surface area (TPSA) is 42.4 Å². The van der Waals surface area contributed by atoms with E-state index in [0.29, 0.717) is 21.9 Å². The molecule has 3 aromatic carbocycles. The first-order valence-electron chi connectivity index (χ1n) is 9.20. The maximum Gasteiger partial charge on any atom is 0.416 e. The molecule has 0 bridgehead atoms. The van der Waals surface area contributed by atoms with Gasteiger partial charge in [0.2, 0.25) is 0 Å². The summed E-state index contributed by atoms with van der Waals surface area (Å²) >= 11 is 6.19. The van der Waals surface area contributed by atoms with Gasteiger partial charge in [0.1, 0.15) is 5.75 Å². The van der Waals surface area contributed by atoms with Crippen LogP contribution in [-0.4, -0.2) is 10.9 Å². The molecule has 31 heavy (non-hydrogen) atoms. The Hall–Kier alpha value is -3.58. The van der Waals surface area contributed by atoms with E-state index >= 15 is 0 Å². The average Bonchev–Trinajstić information content (AvgIpc) is 2.86. The third kappa shape index (κ3) is 3.27. The number of anilines is 2. The molecule has 0 unspecified atom stereocenters. The van der Waals surface area contributed by atoms with Crippen molar-refractivity contribution in [1.82, 2.24) is 4.98 Å². The van der Waals surface area contributed by atoms with E-state index in [1.807, 2.05) is 12.1 Å². The molecule has 0 fully saturated rings. The van der Waals surface area contributed by atoms with Crippen LogP contribution in [0.2, 0.25) is 5.02 Å². The molecule has 2 heterocycles. The third-order valence-corrected chi connectivity index (χ3v) is 5.21. The van der Waals surface area contributed by atoms with Gasteiger partial charge < -0.3 is 4.74 Å². The second kappa shape index (κ2) is 6.99. The van der Waals surface area contributed by atoms with E-state index in [1.165, 1.54) is 11.0 Å². The van der Waals surface area contributed by atoms with Gasteiger partial charge in [-0.2, -0.15) is 13.2 Å². The normalized spacial score (nSPS) is 13.4. The van der Waals surface area contributed by atoms with E-state index < -0.39 is 17.6 Å². The number of hydrogen-bond acceptors (Lipinski definition) is 3. The van der Waals surface area contributed by atoms with Crippen molar-refractivity contribution < 1.29 is 22.7 Å². The first-order chi connectivity index (χ1) is 14.8. The number of hydrogen-bond donors (Lipinski definition) is 0. The summed E-state index contributed by atoms with van der Waals surface area (Å²) in [5.74, 6) is -0.373. The first-order valence-corrected chi connectivity index (χ1v) is 9.57. The molecule has 0 saturated carbocycles. The number of carbonyl (C=O) groups excluding carboxylic acids is 1. The molecule has 0 saturated heterocycles. The Morgan fingerprint density at radius 3 is 2.48 bits per heavy atom. The summed E-state index contributed by atoms with van der Waals surface area (Å²) in [6, 6.07) is 16.4. The molecule has 1 amide bonds. The molecule has 0 atom stereocenters. The third-order valence-electron chi connectivity index (χ3n) is 4.97. The lowest BCUT2D eigenvalue weighted by Gasteiger charge is -2.23. The molecule has 8 heteroatoms. The fourth-order valence-electron chi connectivity index (χ4n) is 3.57. The number of pyridine rings is 1. The summed E-state index contributed by atoms with van der Waals surface area (Å²) in [6.45, 7) is 0.